The van der Waals surface area contributed by atoms with E-state index in [0.29, 0.717) is 12.3 Å². The zero-order valence-corrected chi connectivity index (χ0v) is 5.20. The van der Waals surface area contributed by atoms with Gasteiger partial charge in [0.05, 0.1) is 0 Å². The summed E-state index contributed by atoms with van der Waals surface area (Å²) in [5.41, 5.74) is 0.659. The van der Waals surface area contributed by atoms with Gasteiger partial charge in [0.25, 0.3) is 0 Å². The summed E-state index contributed by atoms with van der Waals surface area (Å²) in [4.78, 5) is 0. The number of hydrogen-bond acceptors (Lipinski definition) is 2. The normalized spacial score (nSPS) is 8.62. The Hall–Kier alpha value is -0.630. The van der Waals surface area contributed by atoms with Crippen molar-refractivity contribution in [2.45, 2.75) is 6.92 Å². The van der Waals surface area contributed by atoms with Crippen LogP contribution in [-0.2, 0) is 0 Å². The van der Waals surface area contributed by atoms with Gasteiger partial charge in [0.1, 0.15) is 0 Å². The van der Waals surface area contributed by atoms with E-state index in [9.17, 15) is 0 Å². The van der Waals surface area contributed by atoms with Gasteiger partial charge >= 0.3 is 0 Å². The minimum atomic E-state index is 0.659. The molecule has 2 heteroatoms. The highest BCUT2D eigenvalue weighted by molar-refractivity contribution is 5.80. The molecule has 0 radical (unpaired) electrons. The van der Waals surface area contributed by atoms with Gasteiger partial charge in [-0.05, 0) is 6.92 Å². The average molecular weight is 112 g/mol. The van der Waals surface area contributed by atoms with Gasteiger partial charge in [-0.2, -0.15) is 0 Å². The first-order chi connectivity index (χ1) is 3.77. The van der Waals surface area contributed by atoms with Crippen LogP contribution < -0.4 is 5.32 Å². The van der Waals surface area contributed by atoms with Crippen molar-refractivity contribution in [3.8, 4) is 0 Å². The molecule has 46 valence electrons. The first kappa shape index (κ1) is 7.37. The van der Waals surface area contributed by atoms with Crippen molar-refractivity contribution in [1.82, 2.24) is 5.32 Å². The van der Waals surface area contributed by atoms with Crippen LogP contribution in [0.5, 0.6) is 0 Å². The van der Waals surface area contributed by atoms with Crippen LogP contribution in [0.2, 0.25) is 0 Å². The van der Waals surface area contributed by atoms with Gasteiger partial charge in [0.2, 0.25) is 0 Å². The molecule has 0 saturated heterocycles. The Morgan fingerprint density at radius 1 is 1.88 bits per heavy atom. The monoisotopic (exact) mass is 112 g/mol. The molecule has 0 spiro atoms. The summed E-state index contributed by atoms with van der Waals surface area (Å²) < 4.78 is 0. The van der Waals surface area contributed by atoms with Crippen molar-refractivity contribution in [2.24, 2.45) is 0 Å². The molecule has 0 bridgehead atoms. The van der Waals surface area contributed by atoms with E-state index in [1.165, 1.54) is 0 Å². The third-order valence-corrected chi connectivity index (χ3v) is 0.679. The second-order valence-electron chi connectivity index (χ2n) is 1.70. The third-order valence-electron chi connectivity index (χ3n) is 0.679. The van der Waals surface area contributed by atoms with Crippen molar-refractivity contribution in [3.05, 3.63) is 12.7 Å². The van der Waals surface area contributed by atoms with Gasteiger partial charge in [-0.15, -0.1) is 6.58 Å². The van der Waals surface area contributed by atoms with Crippen molar-refractivity contribution >= 4 is 5.71 Å². The van der Waals surface area contributed by atoms with E-state index in [2.05, 4.69) is 11.9 Å². The summed E-state index contributed by atoms with van der Waals surface area (Å²) in [5, 5.41) is 9.97. The molecule has 0 aliphatic heterocycles. The summed E-state index contributed by atoms with van der Waals surface area (Å²) in [7, 11) is 0. The molecule has 0 rings (SSSR count). The minimum Gasteiger partial charge on any atom is -0.309 e. The van der Waals surface area contributed by atoms with Gasteiger partial charge in [0, 0.05) is 18.8 Å². The predicted octanol–water partition coefficient (Wildman–Crippen LogP) is 0.802. The van der Waals surface area contributed by atoms with E-state index in [0.717, 1.165) is 6.54 Å². The lowest BCUT2D eigenvalue weighted by Gasteiger charge is -1.95. The van der Waals surface area contributed by atoms with E-state index >= 15 is 0 Å². The standard InChI is InChI=1S/C6H12N2/c1-3-4-8-5-6(2)7/h3,7-8H,1,4-5H2,2H3. The van der Waals surface area contributed by atoms with Gasteiger partial charge in [-0.3, -0.25) is 0 Å². The fraction of sp³-hybridized carbons (Fsp3) is 0.500. The molecule has 2 N–H and O–H groups in total. The number of nitrogens with one attached hydrogen (secondary N) is 2. The summed E-state index contributed by atoms with van der Waals surface area (Å²) in [6.07, 6.45) is 1.78. The zero-order chi connectivity index (χ0) is 6.41. The lowest BCUT2D eigenvalue weighted by Crippen LogP contribution is -2.19. The Bertz CT molecular complexity index is 86.5. The SMILES string of the molecule is C=CCNCC(C)=N. The molecule has 0 unspecified atom stereocenters. The Labute approximate surface area is 50.1 Å². The van der Waals surface area contributed by atoms with Gasteiger partial charge in [-0.1, -0.05) is 6.08 Å². The summed E-state index contributed by atoms with van der Waals surface area (Å²) in [5.74, 6) is 0. The molecule has 0 aliphatic carbocycles. The van der Waals surface area contributed by atoms with Crippen molar-refractivity contribution in [3.63, 3.8) is 0 Å². The molecule has 0 atom stereocenters. The highest BCUT2D eigenvalue weighted by atomic mass is 14.8. The Kier molecular flexibility index (Phi) is 4.17. The molecule has 0 amide bonds. The van der Waals surface area contributed by atoms with Crippen LogP contribution in [0.25, 0.3) is 0 Å². The molecule has 0 heterocycles. The van der Waals surface area contributed by atoms with Gasteiger partial charge < -0.3 is 10.7 Å². The lowest BCUT2D eigenvalue weighted by atomic mass is 10.4. The maximum Gasteiger partial charge on any atom is 0.0332 e. The molecule has 8 heavy (non-hydrogen) atoms. The topological polar surface area (TPSA) is 35.9 Å². The fourth-order valence-electron chi connectivity index (χ4n) is 0.362. The van der Waals surface area contributed by atoms with Gasteiger partial charge in [-0.25, -0.2) is 0 Å². The maximum atomic E-state index is 6.98. The van der Waals surface area contributed by atoms with Crippen LogP contribution in [0.3, 0.4) is 0 Å². The molecule has 0 aromatic heterocycles. The van der Waals surface area contributed by atoms with E-state index in [-0.39, 0.29) is 0 Å². The first-order valence-corrected chi connectivity index (χ1v) is 2.63. The quantitative estimate of drug-likeness (QED) is 0.315. The first-order valence-electron chi connectivity index (χ1n) is 2.63. The molecule has 2 nitrogen and oxygen atoms in total. The zero-order valence-electron chi connectivity index (χ0n) is 5.20. The van der Waals surface area contributed by atoms with E-state index in [1.807, 2.05) is 0 Å². The number of rotatable bonds is 4. The second-order valence-corrected chi connectivity index (χ2v) is 1.70. The van der Waals surface area contributed by atoms with Gasteiger partial charge in [0.15, 0.2) is 0 Å². The summed E-state index contributed by atoms with van der Waals surface area (Å²) in [6, 6.07) is 0. The molecule has 0 aliphatic rings. The van der Waals surface area contributed by atoms with Crippen LogP contribution in [0, 0.1) is 5.41 Å². The molecule has 0 aromatic rings. The number of hydrogen-bond donors (Lipinski definition) is 2. The van der Waals surface area contributed by atoms with E-state index < -0.39 is 0 Å². The largest absolute Gasteiger partial charge is 0.309 e. The molecular formula is C6H12N2. The average Bonchev–Trinajstić information content (AvgIpc) is 1.66. The predicted molar refractivity (Wildman–Crippen MR) is 36.5 cm³/mol. The van der Waals surface area contributed by atoms with Crippen molar-refractivity contribution in [2.75, 3.05) is 13.1 Å². The van der Waals surface area contributed by atoms with Crippen LogP contribution in [0.1, 0.15) is 6.92 Å². The van der Waals surface area contributed by atoms with Crippen LogP contribution in [0.15, 0.2) is 12.7 Å². The van der Waals surface area contributed by atoms with E-state index in [1.54, 1.807) is 13.0 Å². The Morgan fingerprint density at radius 3 is 2.88 bits per heavy atom. The fourth-order valence-corrected chi connectivity index (χ4v) is 0.362. The lowest BCUT2D eigenvalue weighted by molar-refractivity contribution is 0.860. The van der Waals surface area contributed by atoms with Crippen LogP contribution in [0.4, 0.5) is 0 Å². The third kappa shape index (κ3) is 5.37. The van der Waals surface area contributed by atoms with Crippen LogP contribution >= 0.6 is 0 Å². The molecule has 0 aromatic carbocycles. The molecular weight excluding hydrogens is 100 g/mol. The molecule has 0 saturated carbocycles. The highest BCUT2D eigenvalue weighted by Gasteiger charge is 1.81. The van der Waals surface area contributed by atoms with Crippen LogP contribution in [-0.4, -0.2) is 18.8 Å². The Balaban J connectivity index is 2.93. The van der Waals surface area contributed by atoms with Crippen molar-refractivity contribution < 1.29 is 0 Å². The molecule has 0 fully saturated rings. The summed E-state index contributed by atoms with van der Waals surface area (Å²) >= 11 is 0. The highest BCUT2D eigenvalue weighted by Crippen LogP contribution is 1.64. The van der Waals surface area contributed by atoms with E-state index in [4.69, 9.17) is 5.41 Å². The second kappa shape index (κ2) is 4.53. The van der Waals surface area contributed by atoms with Crippen molar-refractivity contribution in [1.29, 1.82) is 5.41 Å². The maximum absolute atomic E-state index is 6.98. The Morgan fingerprint density at radius 2 is 2.50 bits per heavy atom. The smallest absolute Gasteiger partial charge is 0.0332 e. The minimum absolute atomic E-state index is 0.659. The summed E-state index contributed by atoms with van der Waals surface area (Å²) in [6.45, 7) is 6.76.